The molecule has 0 aliphatic carbocycles. The first-order chi connectivity index (χ1) is 9.69. The lowest BCUT2D eigenvalue weighted by Crippen LogP contribution is -2.36. The number of anilines is 1. The molecule has 0 aromatic heterocycles. The van der Waals surface area contributed by atoms with E-state index in [1.165, 1.54) is 37.2 Å². The van der Waals surface area contributed by atoms with Gasteiger partial charge in [-0.05, 0) is 18.2 Å². The van der Waals surface area contributed by atoms with E-state index in [0.717, 1.165) is 7.11 Å². The van der Waals surface area contributed by atoms with Crippen LogP contribution in [0.25, 0.3) is 0 Å². The Morgan fingerprint density at radius 1 is 1.33 bits per heavy atom. The second kappa shape index (κ2) is 6.55. The van der Waals surface area contributed by atoms with Crippen molar-refractivity contribution in [2.24, 2.45) is 0 Å². The Bertz CT molecular complexity index is 655. The Morgan fingerprint density at radius 3 is 2.48 bits per heavy atom. The maximum absolute atomic E-state index is 12.2. The number of amides is 1. The van der Waals surface area contributed by atoms with Crippen molar-refractivity contribution in [1.29, 1.82) is 0 Å². The summed E-state index contributed by atoms with van der Waals surface area (Å²) in [5.41, 5.74) is 5.57. The van der Waals surface area contributed by atoms with Gasteiger partial charge in [0.05, 0.1) is 24.1 Å². The Balaban J connectivity index is 3.14. The summed E-state index contributed by atoms with van der Waals surface area (Å²) in [5.74, 6) is -1.25. The van der Waals surface area contributed by atoms with Crippen LogP contribution < -0.4 is 10.5 Å². The first-order valence-electron chi connectivity index (χ1n) is 5.86. The molecule has 8 nitrogen and oxygen atoms in total. The maximum Gasteiger partial charge on any atom is 0.339 e. The fourth-order valence-corrected chi connectivity index (χ4v) is 2.59. The fraction of sp³-hybridized carbons (Fsp3) is 0.333. The van der Waals surface area contributed by atoms with Gasteiger partial charge < -0.3 is 15.4 Å². The summed E-state index contributed by atoms with van der Waals surface area (Å²) in [5, 5.41) is 0. The lowest BCUT2D eigenvalue weighted by atomic mass is 10.2. The lowest BCUT2D eigenvalue weighted by molar-refractivity contribution is -0.127. The predicted molar refractivity (Wildman–Crippen MR) is 76.1 cm³/mol. The van der Waals surface area contributed by atoms with Gasteiger partial charge in [-0.1, -0.05) is 0 Å². The molecule has 0 aliphatic rings. The van der Waals surface area contributed by atoms with Crippen LogP contribution in [0.1, 0.15) is 10.4 Å². The van der Waals surface area contributed by atoms with Gasteiger partial charge in [0.25, 0.3) is 0 Å². The molecule has 1 aromatic carbocycles. The molecular weight excluding hydrogens is 298 g/mol. The number of ether oxygens (including phenoxy) is 1. The van der Waals surface area contributed by atoms with E-state index in [4.69, 9.17) is 5.73 Å². The molecule has 1 amide bonds. The summed E-state index contributed by atoms with van der Waals surface area (Å²) < 4.78 is 31.0. The van der Waals surface area contributed by atoms with Crippen LogP contribution >= 0.6 is 0 Å². The molecule has 116 valence electrons. The monoisotopic (exact) mass is 315 g/mol. The van der Waals surface area contributed by atoms with Crippen LogP contribution in [0.3, 0.4) is 0 Å². The Kier molecular flexibility index (Phi) is 5.28. The highest BCUT2D eigenvalue weighted by Gasteiger charge is 2.24. The molecule has 1 rings (SSSR count). The molecule has 9 heteroatoms. The number of rotatable bonds is 5. The molecule has 0 spiro atoms. The molecule has 1 aromatic rings. The van der Waals surface area contributed by atoms with E-state index in [-0.39, 0.29) is 16.1 Å². The summed E-state index contributed by atoms with van der Waals surface area (Å²) in [6, 6.07) is 3.73. The summed E-state index contributed by atoms with van der Waals surface area (Å²) in [7, 11) is 0.0841. The molecule has 0 saturated heterocycles. The van der Waals surface area contributed by atoms with E-state index in [1.807, 2.05) is 0 Å². The molecule has 3 N–H and O–H groups in total. The molecular formula is C12H17N3O5S. The maximum atomic E-state index is 12.2. The fourth-order valence-electron chi connectivity index (χ4n) is 1.44. The number of carbonyl (C=O) groups excluding carboxylic acids is 2. The third kappa shape index (κ3) is 4.17. The van der Waals surface area contributed by atoms with E-state index >= 15 is 0 Å². The number of sulfonamides is 1. The number of nitrogen functional groups attached to an aromatic ring is 1. The first kappa shape index (κ1) is 16.9. The van der Waals surface area contributed by atoms with E-state index < -0.39 is 28.4 Å². The highest BCUT2D eigenvalue weighted by Crippen LogP contribution is 2.19. The molecule has 0 saturated carbocycles. The smallest absolute Gasteiger partial charge is 0.339 e. The van der Waals surface area contributed by atoms with Crippen molar-refractivity contribution in [3.05, 3.63) is 23.8 Å². The Hall–Kier alpha value is -2.13. The van der Waals surface area contributed by atoms with E-state index in [2.05, 4.69) is 9.46 Å². The van der Waals surface area contributed by atoms with Crippen molar-refractivity contribution in [1.82, 2.24) is 9.62 Å². The van der Waals surface area contributed by atoms with Crippen molar-refractivity contribution in [2.75, 3.05) is 33.5 Å². The zero-order valence-corrected chi connectivity index (χ0v) is 12.7. The molecule has 0 atom stereocenters. The van der Waals surface area contributed by atoms with Crippen LogP contribution in [0.5, 0.6) is 0 Å². The van der Waals surface area contributed by atoms with Crippen LogP contribution in [0.4, 0.5) is 5.69 Å². The van der Waals surface area contributed by atoms with Gasteiger partial charge in [0.1, 0.15) is 0 Å². The quantitative estimate of drug-likeness (QED) is 0.554. The zero-order chi connectivity index (χ0) is 16.2. The minimum atomic E-state index is -4.05. The molecule has 0 fully saturated rings. The number of methoxy groups -OCH3 is 1. The number of carbonyl (C=O) groups is 2. The number of likely N-dealkylation sites (N-methyl/N-ethyl adjacent to an activating group) is 1. The van der Waals surface area contributed by atoms with Crippen LogP contribution in [0.15, 0.2) is 23.1 Å². The van der Waals surface area contributed by atoms with Crippen LogP contribution in [0, 0.1) is 0 Å². The summed E-state index contributed by atoms with van der Waals surface area (Å²) in [6.07, 6.45) is 0. The number of nitrogens with zero attached hydrogens (tertiary/aromatic N) is 1. The van der Waals surface area contributed by atoms with Gasteiger partial charge in [0.15, 0.2) is 0 Å². The number of hydrogen-bond donors (Lipinski definition) is 2. The highest BCUT2D eigenvalue weighted by molar-refractivity contribution is 7.89. The molecule has 0 heterocycles. The van der Waals surface area contributed by atoms with E-state index in [0.29, 0.717) is 0 Å². The minimum absolute atomic E-state index is 0.192. The summed E-state index contributed by atoms with van der Waals surface area (Å²) in [6.45, 7) is -0.416. The molecule has 0 radical (unpaired) electrons. The van der Waals surface area contributed by atoms with Crippen molar-refractivity contribution < 1.29 is 22.7 Å². The van der Waals surface area contributed by atoms with E-state index in [9.17, 15) is 18.0 Å². The van der Waals surface area contributed by atoms with Gasteiger partial charge in [-0.3, -0.25) is 4.79 Å². The highest BCUT2D eigenvalue weighted by atomic mass is 32.2. The largest absolute Gasteiger partial charge is 0.465 e. The van der Waals surface area contributed by atoms with Crippen LogP contribution in [-0.4, -0.2) is 52.9 Å². The van der Waals surface area contributed by atoms with Crippen LogP contribution in [-0.2, 0) is 19.6 Å². The third-order valence-electron chi connectivity index (χ3n) is 2.61. The molecule has 0 aliphatic heterocycles. The number of nitrogens with one attached hydrogen (secondary N) is 1. The van der Waals surface area contributed by atoms with Gasteiger partial charge in [-0.25, -0.2) is 17.9 Å². The van der Waals surface area contributed by atoms with Gasteiger partial charge in [-0.2, -0.15) is 0 Å². The van der Waals surface area contributed by atoms with Crippen molar-refractivity contribution >= 4 is 27.6 Å². The van der Waals surface area contributed by atoms with Crippen LogP contribution in [0.2, 0.25) is 0 Å². The Morgan fingerprint density at radius 2 is 1.95 bits per heavy atom. The normalized spacial score (nSPS) is 11.0. The lowest BCUT2D eigenvalue weighted by Gasteiger charge is -2.13. The SMILES string of the molecule is COC(=O)c1cc(N)ccc1S(=O)(=O)NCC(=O)N(C)C. The average Bonchev–Trinajstić information content (AvgIpc) is 2.43. The topological polar surface area (TPSA) is 119 Å². The molecule has 21 heavy (non-hydrogen) atoms. The van der Waals surface area contributed by atoms with Gasteiger partial charge in [0.2, 0.25) is 15.9 Å². The summed E-state index contributed by atoms with van der Waals surface area (Å²) in [4.78, 5) is 24.0. The number of esters is 1. The van der Waals surface area contributed by atoms with Crippen molar-refractivity contribution in [3.63, 3.8) is 0 Å². The zero-order valence-electron chi connectivity index (χ0n) is 11.9. The first-order valence-corrected chi connectivity index (χ1v) is 7.35. The number of nitrogens with two attached hydrogens (primary N) is 1. The number of benzene rings is 1. The minimum Gasteiger partial charge on any atom is -0.465 e. The van der Waals surface area contributed by atoms with Crippen molar-refractivity contribution in [3.8, 4) is 0 Å². The van der Waals surface area contributed by atoms with Crippen molar-refractivity contribution in [2.45, 2.75) is 4.90 Å². The second-order valence-electron chi connectivity index (χ2n) is 4.36. The predicted octanol–water partition coefficient (Wildman–Crippen LogP) is -0.578. The van der Waals surface area contributed by atoms with Gasteiger partial charge >= 0.3 is 5.97 Å². The average molecular weight is 315 g/mol. The van der Waals surface area contributed by atoms with Gasteiger partial charge in [0, 0.05) is 19.8 Å². The molecule has 0 unspecified atom stereocenters. The van der Waals surface area contributed by atoms with Gasteiger partial charge in [-0.15, -0.1) is 0 Å². The number of hydrogen-bond acceptors (Lipinski definition) is 6. The molecule has 0 bridgehead atoms. The standard InChI is InChI=1S/C12H17N3O5S/c1-15(2)11(16)7-14-21(18,19)10-5-4-8(13)6-9(10)12(17)20-3/h4-6,14H,7,13H2,1-3H3. The second-order valence-corrected chi connectivity index (χ2v) is 6.10. The van der Waals surface area contributed by atoms with E-state index in [1.54, 1.807) is 0 Å². The third-order valence-corrected chi connectivity index (χ3v) is 4.07. The Labute approximate surface area is 122 Å². The summed E-state index contributed by atoms with van der Waals surface area (Å²) >= 11 is 0.